The second-order valence-electron chi connectivity index (χ2n) is 6.49. The van der Waals surface area contributed by atoms with Crippen molar-refractivity contribution in [2.24, 2.45) is 5.73 Å². The average Bonchev–Trinajstić information content (AvgIpc) is 3.34. The van der Waals surface area contributed by atoms with E-state index in [1.807, 2.05) is 6.08 Å². The first-order valence-electron chi connectivity index (χ1n) is 8.11. The molecule has 1 aromatic rings. The molecule has 3 nitrogen and oxygen atoms in total. The summed E-state index contributed by atoms with van der Waals surface area (Å²) in [7, 11) is 1.65. The molecule has 1 aromatic carbocycles. The Labute approximate surface area is 149 Å². The van der Waals surface area contributed by atoms with E-state index < -0.39 is 12.6 Å². The molecule has 0 bridgehead atoms. The summed E-state index contributed by atoms with van der Waals surface area (Å²) >= 11 is 1.44. The lowest BCUT2D eigenvalue weighted by atomic mass is 9.95. The minimum Gasteiger partial charge on any atom is -0.400 e. The third-order valence-electron chi connectivity index (χ3n) is 4.53. The van der Waals surface area contributed by atoms with Crippen LogP contribution in [0.2, 0.25) is 0 Å². The number of rotatable bonds is 6. The van der Waals surface area contributed by atoms with Crippen molar-refractivity contribution in [1.29, 1.82) is 0 Å². The fourth-order valence-corrected chi connectivity index (χ4v) is 3.81. The third kappa shape index (κ3) is 4.59. The van der Waals surface area contributed by atoms with Gasteiger partial charge in [0.15, 0.2) is 0 Å². The van der Waals surface area contributed by atoms with Gasteiger partial charge in [0.25, 0.3) is 0 Å². The van der Waals surface area contributed by atoms with Crippen molar-refractivity contribution < 1.29 is 17.9 Å². The molecule has 7 heteroatoms. The number of halogens is 3. The Morgan fingerprint density at radius 2 is 1.96 bits per heavy atom. The van der Waals surface area contributed by atoms with Gasteiger partial charge in [-0.3, -0.25) is 0 Å². The normalized spacial score (nSPS) is 22.3. The maximum Gasteiger partial charge on any atom is 0.393 e. The van der Waals surface area contributed by atoms with Crippen molar-refractivity contribution in [3.63, 3.8) is 0 Å². The summed E-state index contributed by atoms with van der Waals surface area (Å²) in [5.41, 5.74) is 8.12. The summed E-state index contributed by atoms with van der Waals surface area (Å²) in [6, 6.07) is 6.49. The monoisotopic (exact) mass is 370 g/mol. The maximum absolute atomic E-state index is 12.4. The minimum absolute atomic E-state index is 0.0617. The van der Waals surface area contributed by atoms with E-state index in [0.717, 1.165) is 29.9 Å². The van der Waals surface area contributed by atoms with E-state index in [1.54, 1.807) is 19.2 Å². The van der Waals surface area contributed by atoms with Crippen molar-refractivity contribution in [3.05, 3.63) is 53.3 Å². The number of alkyl halides is 3. The number of benzene rings is 1. The van der Waals surface area contributed by atoms with Gasteiger partial charge >= 0.3 is 6.18 Å². The van der Waals surface area contributed by atoms with Crippen LogP contribution in [0.4, 0.5) is 13.2 Å². The standard InChI is InChI=1S/C18H21F3N2OS/c1-24-16-7-4-13(10-15(16)22)17(8-9-17)23-25-14-5-2-12(3-6-14)11-18(19,20)21/h2-6,10,16,23H,7-9,11,22H2,1H3. The maximum atomic E-state index is 12.4. The van der Waals surface area contributed by atoms with Gasteiger partial charge in [-0.15, -0.1) is 0 Å². The molecule has 2 aliphatic carbocycles. The van der Waals surface area contributed by atoms with Crippen LogP contribution in [0.25, 0.3) is 0 Å². The molecule has 0 spiro atoms. The Bertz CT molecular complexity index is 679. The predicted molar refractivity (Wildman–Crippen MR) is 92.9 cm³/mol. The van der Waals surface area contributed by atoms with Crippen LogP contribution in [0.1, 0.15) is 24.8 Å². The molecule has 136 valence electrons. The molecule has 3 rings (SSSR count). The number of hydrogen-bond acceptors (Lipinski definition) is 4. The van der Waals surface area contributed by atoms with Gasteiger partial charge in [-0.05, 0) is 60.6 Å². The van der Waals surface area contributed by atoms with Crippen LogP contribution in [0.15, 0.2) is 52.6 Å². The highest BCUT2D eigenvalue weighted by Crippen LogP contribution is 2.46. The molecule has 0 amide bonds. The number of ether oxygens (including phenoxy) is 1. The van der Waals surface area contributed by atoms with E-state index in [1.165, 1.54) is 29.7 Å². The highest BCUT2D eigenvalue weighted by molar-refractivity contribution is 7.97. The third-order valence-corrected chi connectivity index (χ3v) is 5.53. The minimum atomic E-state index is -4.18. The van der Waals surface area contributed by atoms with Gasteiger partial charge in [-0.1, -0.05) is 18.2 Å². The smallest absolute Gasteiger partial charge is 0.393 e. The van der Waals surface area contributed by atoms with Crippen molar-refractivity contribution >= 4 is 11.9 Å². The van der Waals surface area contributed by atoms with Crippen molar-refractivity contribution in [1.82, 2.24) is 4.72 Å². The number of hydrogen-bond donors (Lipinski definition) is 2. The highest BCUT2D eigenvalue weighted by atomic mass is 32.2. The van der Waals surface area contributed by atoms with E-state index in [9.17, 15) is 13.2 Å². The molecule has 0 heterocycles. The van der Waals surface area contributed by atoms with Crippen LogP contribution in [0, 0.1) is 0 Å². The number of nitrogens with two attached hydrogens (primary N) is 1. The topological polar surface area (TPSA) is 47.3 Å². The van der Waals surface area contributed by atoms with Crippen molar-refractivity contribution in [2.45, 2.75) is 48.4 Å². The Hall–Kier alpha value is -1.44. The van der Waals surface area contributed by atoms with Crippen LogP contribution in [0.3, 0.4) is 0 Å². The van der Waals surface area contributed by atoms with Gasteiger partial charge in [0.05, 0.1) is 18.1 Å². The van der Waals surface area contributed by atoms with Crippen LogP contribution in [0.5, 0.6) is 0 Å². The molecular formula is C18H21F3N2OS. The molecule has 0 radical (unpaired) electrons. The van der Waals surface area contributed by atoms with Crippen LogP contribution in [-0.2, 0) is 11.2 Å². The molecular weight excluding hydrogens is 349 g/mol. The molecule has 3 N–H and O–H groups in total. The lowest BCUT2D eigenvalue weighted by Crippen LogP contribution is -2.31. The largest absolute Gasteiger partial charge is 0.400 e. The molecule has 25 heavy (non-hydrogen) atoms. The Morgan fingerprint density at radius 3 is 2.48 bits per heavy atom. The summed E-state index contributed by atoms with van der Waals surface area (Å²) in [6.07, 6.45) is 1.78. The van der Waals surface area contributed by atoms with Gasteiger partial charge < -0.3 is 10.5 Å². The summed E-state index contributed by atoms with van der Waals surface area (Å²) in [5.74, 6) is 0. The van der Waals surface area contributed by atoms with E-state index in [2.05, 4.69) is 10.8 Å². The van der Waals surface area contributed by atoms with Crippen LogP contribution in [-0.4, -0.2) is 24.9 Å². The Morgan fingerprint density at radius 1 is 1.28 bits per heavy atom. The lowest BCUT2D eigenvalue weighted by Gasteiger charge is -2.25. The molecule has 0 aromatic heterocycles. The predicted octanol–water partition coefficient (Wildman–Crippen LogP) is 4.11. The molecule has 0 aliphatic heterocycles. The zero-order valence-corrected chi connectivity index (χ0v) is 14.7. The first-order chi connectivity index (χ1) is 11.8. The number of nitrogens with one attached hydrogen (secondary N) is 1. The fourth-order valence-electron chi connectivity index (χ4n) is 2.91. The highest BCUT2D eigenvalue weighted by Gasteiger charge is 2.46. The van der Waals surface area contributed by atoms with E-state index in [-0.39, 0.29) is 17.2 Å². The average molecular weight is 370 g/mol. The van der Waals surface area contributed by atoms with Gasteiger partial charge in [0.1, 0.15) is 0 Å². The van der Waals surface area contributed by atoms with Crippen LogP contribution < -0.4 is 10.5 Å². The first kappa shape index (κ1) is 18.4. The summed E-state index contributed by atoms with van der Waals surface area (Å²) < 4.78 is 46.0. The van der Waals surface area contributed by atoms with Crippen molar-refractivity contribution in [3.8, 4) is 0 Å². The molecule has 1 atom stereocenters. The van der Waals surface area contributed by atoms with Crippen LogP contribution >= 0.6 is 11.9 Å². The molecule has 0 saturated heterocycles. The second kappa shape index (κ2) is 7.05. The van der Waals surface area contributed by atoms with Gasteiger partial charge in [-0.25, -0.2) is 4.72 Å². The molecule has 1 saturated carbocycles. The van der Waals surface area contributed by atoms with Gasteiger partial charge in [0.2, 0.25) is 0 Å². The first-order valence-corrected chi connectivity index (χ1v) is 8.93. The SMILES string of the molecule is COC1CC=C(C2(NSc3ccc(CC(F)(F)F)cc3)CC2)C=C1N. The fraction of sp³-hybridized carbons (Fsp3) is 0.444. The van der Waals surface area contributed by atoms with E-state index in [4.69, 9.17) is 10.5 Å². The summed E-state index contributed by atoms with van der Waals surface area (Å²) in [6.45, 7) is 0. The summed E-state index contributed by atoms with van der Waals surface area (Å²) in [5, 5.41) is 0. The zero-order valence-electron chi connectivity index (χ0n) is 13.9. The summed E-state index contributed by atoms with van der Waals surface area (Å²) in [4.78, 5) is 0.889. The van der Waals surface area contributed by atoms with E-state index in [0.29, 0.717) is 0 Å². The van der Waals surface area contributed by atoms with E-state index >= 15 is 0 Å². The lowest BCUT2D eigenvalue weighted by molar-refractivity contribution is -0.127. The van der Waals surface area contributed by atoms with Crippen molar-refractivity contribution in [2.75, 3.05) is 7.11 Å². The zero-order chi connectivity index (χ0) is 18.1. The molecule has 2 aliphatic rings. The number of methoxy groups -OCH3 is 1. The van der Waals surface area contributed by atoms with Gasteiger partial charge in [-0.2, -0.15) is 13.2 Å². The Kier molecular flexibility index (Phi) is 5.18. The second-order valence-corrected chi connectivity index (χ2v) is 7.37. The quantitative estimate of drug-likeness (QED) is 0.740. The molecule has 1 unspecified atom stereocenters. The van der Waals surface area contributed by atoms with Gasteiger partial charge in [0, 0.05) is 17.7 Å². The molecule has 1 fully saturated rings. The Balaban J connectivity index is 1.59.